The summed E-state index contributed by atoms with van der Waals surface area (Å²) in [5.74, 6) is -0.217. The second kappa shape index (κ2) is 5.58. The molecular weight excluding hydrogens is 249 g/mol. The van der Waals surface area contributed by atoms with Crippen molar-refractivity contribution in [1.29, 1.82) is 0 Å². The fourth-order valence-electron chi connectivity index (χ4n) is 2.54. The van der Waals surface area contributed by atoms with E-state index < -0.39 is 0 Å². The van der Waals surface area contributed by atoms with Gasteiger partial charge in [0.05, 0.1) is 16.1 Å². The lowest BCUT2D eigenvalue weighted by atomic mass is 9.82. The molecule has 18 heavy (non-hydrogen) atoms. The summed E-state index contributed by atoms with van der Waals surface area (Å²) in [6.07, 6.45) is 1.06. The Hall–Kier alpha value is -0.600. The van der Waals surface area contributed by atoms with Gasteiger partial charge in [0.15, 0.2) is 0 Å². The zero-order valence-electron chi connectivity index (χ0n) is 12.0. The first kappa shape index (κ1) is 15.5. The summed E-state index contributed by atoms with van der Waals surface area (Å²) in [5.41, 5.74) is 0.934. The Morgan fingerprint density at radius 3 is 2.28 bits per heavy atom. The molecule has 1 nitrogen and oxygen atoms in total. The maximum absolute atomic E-state index is 13.7. The van der Waals surface area contributed by atoms with E-state index in [1.54, 1.807) is 12.1 Å². The number of halogens is 2. The molecule has 0 aliphatic heterocycles. The van der Waals surface area contributed by atoms with Crippen molar-refractivity contribution in [3.8, 4) is 0 Å². The van der Waals surface area contributed by atoms with E-state index in [0.29, 0.717) is 17.1 Å². The Kier molecular flexibility index (Phi) is 4.79. The third kappa shape index (κ3) is 4.95. The minimum absolute atomic E-state index is 0.0733. The first-order valence-corrected chi connectivity index (χ1v) is 6.76. The van der Waals surface area contributed by atoms with Crippen LogP contribution in [0.3, 0.4) is 0 Å². The van der Waals surface area contributed by atoms with Gasteiger partial charge < -0.3 is 5.32 Å². The van der Waals surface area contributed by atoms with Gasteiger partial charge in [0.25, 0.3) is 0 Å². The molecule has 0 amide bonds. The molecule has 1 rings (SSSR count). The minimum Gasteiger partial charge on any atom is -0.338 e. The summed E-state index contributed by atoms with van der Waals surface area (Å²) >= 11 is 6.03. The lowest BCUT2D eigenvalue weighted by Gasteiger charge is -2.30. The van der Waals surface area contributed by atoms with Crippen LogP contribution in [0.5, 0.6) is 0 Å². The largest absolute Gasteiger partial charge is 0.338 e. The summed E-state index contributed by atoms with van der Waals surface area (Å²) in [6, 6.07) is 4.85. The van der Waals surface area contributed by atoms with Crippen LogP contribution in [-0.4, -0.2) is 5.54 Å². The van der Waals surface area contributed by atoms with Crippen molar-refractivity contribution < 1.29 is 9.71 Å². The van der Waals surface area contributed by atoms with Crippen molar-refractivity contribution in [2.45, 2.75) is 53.1 Å². The Balaban J connectivity index is 2.70. The molecule has 0 aliphatic carbocycles. The van der Waals surface area contributed by atoms with Crippen molar-refractivity contribution in [1.82, 2.24) is 0 Å². The van der Waals surface area contributed by atoms with Gasteiger partial charge in [0.1, 0.15) is 12.4 Å². The molecule has 0 bridgehead atoms. The molecule has 102 valence electrons. The van der Waals surface area contributed by atoms with Crippen molar-refractivity contribution in [3.63, 3.8) is 0 Å². The standard InChI is InChI=1S/C15H23ClFN/c1-14(2,3)10-15(4,5)18-9-11-12(16)7-6-8-13(11)17/h6-8,18H,9-10H2,1-5H3/p+1. The first-order valence-electron chi connectivity index (χ1n) is 6.38. The molecule has 0 aliphatic rings. The molecular formula is C15H24ClFN+. The maximum atomic E-state index is 13.7. The van der Waals surface area contributed by atoms with Gasteiger partial charge in [-0.3, -0.25) is 0 Å². The monoisotopic (exact) mass is 272 g/mol. The summed E-state index contributed by atoms with van der Waals surface area (Å²) in [5, 5.41) is 2.68. The van der Waals surface area contributed by atoms with Gasteiger partial charge >= 0.3 is 0 Å². The average molecular weight is 273 g/mol. The number of nitrogens with two attached hydrogens (primary N) is 1. The van der Waals surface area contributed by atoms with Crippen LogP contribution in [0.4, 0.5) is 4.39 Å². The van der Waals surface area contributed by atoms with Crippen molar-refractivity contribution >= 4 is 11.6 Å². The van der Waals surface area contributed by atoms with E-state index in [0.717, 1.165) is 6.42 Å². The van der Waals surface area contributed by atoms with Crippen LogP contribution in [0.2, 0.25) is 5.02 Å². The van der Waals surface area contributed by atoms with Gasteiger partial charge in [-0.15, -0.1) is 0 Å². The van der Waals surface area contributed by atoms with Gasteiger partial charge in [-0.1, -0.05) is 38.4 Å². The molecule has 3 heteroatoms. The summed E-state index contributed by atoms with van der Waals surface area (Å²) < 4.78 is 13.7. The van der Waals surface area contributed by atoms with E-state index in [1.165, 1.54) is 6.07 Å². The number of hydrogen-bond acceptors (Lipinski definition) is 0. The van der Waals surface area contributed by atoms with Gasteiger partial charge in [-0.2, -0.15) is 0 Å². The third-order valence-corrected chi connectivity index (χ3v) is 3.26. The predicted molar refractivity (Wildman–Crippen MR) is 75.2 cm³/mol. The highest BCUT2D eigenvalue weighted by molar-refractivity contribution is 6.31. The molecule has 0 radical (unpaired) electrons. The molecule has 0 saturated heterocycles. The van der Waals surface area contributed by atoms with E-state index in [9.17, 15) is 4.39 Å². The van der Waals surface area contributed by atoms with E-state index in [-0.39, 0.29) is 16.8 Å². The van der Waals surface area contributed by atoms with Crippen LogP contribution < -0.4 is 5.32 Å². The SMILES string of the molecule is CC(C)(C)CC(C)(C)[NH2+]Cc1c(F)cccc1Cl. The highest BCUT2D eigenvalue weighted by Crippen LogP contribution is 2.25. The quantitative estimate of drug-likeness (QED) is 0.860. The molecule has 0 saturated carbocycles. The highest BCUT2D eigenvalue weighted by atomic mass is 35.5. The van der Waals surface area contributed by atoms with E-state index in [4.69, 9.17) is 11.6 Å². The Morgan fingerprint density at radius 2 is 1.78 bits per heavy atom. The van der Waals surface area contributed by atoms with Gasteiger partial charge in [0.2, 0.25) is 0 Å². The highest BCUT2D eigenvalue weighted by Gasteiger charge is 2.28. The van der Waals surface area contributed by atoms with E-state index >= 15 is 0 Å². The van der Waals surface area contributed by atoms with Crippen molar-refractivity contribution in [3.05, 3.63) is 34.6 Å². The van der Waals surface area contributed by atoms with E-state index in [2.05, 4.69) is 39.9 Å². The summed E-state index contributed by atoms with van der Waals surface area (Å²) in [7, 11) is 0. The number of hydrogen-bond donors (Lipinski definition) is 1. The molecule has 0 aromatic heterocycles. The lowest BCUT2D eigenvalue weighted by molar-refractivity contribution is -0.737. The minimum atomic E-state index is -0.217. The zero-order chi connectivity index (χ0) is 14.0. The molecule has 0 unspecified atom stereocenters. The number of rotatable bonds is 4. The molecule has 1 aromatic carbocycles. The Morgan fingerprint density at radius 1 is 1.17 bits per heavy atom. The second-order valence-electron chi connectivity index (χ2n) is 6.83. The van der Waals surface area contributed by atoms with Gasteiger partial charge in [0, 0.05) is 6.42 Å². The van der Waals surface area contributed by atoms with Gasteiger partial charge in [-0.05, 0) is 31.4 Å². The van der Waals surface area contributed by atoms with Crippen LogP contribution >= 0.6 is 11.6 Å². The van der Waals surface area contributed by atoms with Crippen LogP contribution in [0.1, 0.15) is 46.6 Å². The third-order valence-electron chi connectivity index (χ3n) is 2.91. The molecule has 0 heterocycles. The fraction of sp³-hybridized carbons (Fsp3) is 0.600. The fourth-order valence-corrected chi connectivity index (χ4v) is 2.78. The molecule has 0 spiro atoms. The van der Waals surface area contributed by atoms with Crippen LogP contribution in [0.25, 0.3) is 0 Å². The predicted octanol–water partition coefficient (Wildman–Crippen LogP) is 3.76. The van der Waals surface area contributed by atoms with Crippen LogP contribution in [0.15, 0.2) is 18.2 Å². The number of quaternary nitrogens is 1. The number of benzene rings is 1. The summed E-state index contributed by atoms with van der Waals surface area (Å²) in [6.45, 7) is 11.6. The normalized spacial score (nSPS) is 12.8. The Labute approximate surface area is 115 Å². The van der Waals surface area contributed by atoms with Gasteiger partial charge in [-0.25, -0.2) is 4.39 Å². The molecule has 2 N–H and O–H groups in total. The van der Waals surface area contributed by atoms with Crippen LogP contribution in [-0.2, 0) is 6.54 Å². The second-order valence-corrected chi connectivity index (χ2v) is 7.24. The maximum Gasteiger partial charge on any atom is 0.133 e. The zero-order valence-corrected chi connectivity index (χ0v) is 12.7. The first-order chi connectivity index (χ1) is 8.11. The molecule has 0 fully saturated rings. The van der Waals surface area contributed by atoms with Crippen LogP contribution in [0, 0.1) is 11.2 Å². The molecule has 0 atom stereocenters. The topological polar surface area (TPSA) is 16.6 Å². The molecule has 1 aromatic rings. The lowest BCUT2D eigenvalue weighted by Crippen LogP contribution is -2.94. The average Bonchev–Trinajstić information content (AvgIpc) is 2.12. The van der Waals surface area contributed by atoms with E-state index in [1.807, 2.05) is 0 Å². The Bertz CT molecular complexity index is 387. The smallest absolute Gasteiger partial charge is 0.133 e. The van der Waals surface area contributed by atoms with Crippen molar-refractivity contribution in [2.24, 2.45) is 5.41 Å². The van der Waals surface area contributed by atoms with Crippen molar-refractivity contribution in [2.75, 3.05) is 0 Å². The summed E-state index contributed by atoms with van der Waals surface area (Å²) in [4.78, 5) is 0.